The number of rotatable bonds is 5. The van der Waals surface area contributed by atoms with Gasteiger partial charge in [0.2, 0.25) is 0 Å². The quantitative estimate of drug-likeness (QED) is 0.762. The molecule has 0 fully saturated rings. The lowest BCUT2D eigenvalue weighted by Gasteiger charge is -2.25. The number of hydrogen-bond acceptors (Lipinski definition) is 4. The summed E-state index contributed by atoms with van der Waals surface area (Å²) in [4.78, 5) is 11.5. The minimum absolute atomic E-state index is 0.222. The van der Waals surface area contributed by atoms with Crippen LogP contribution < -0.4 is 10.1 Å². The second-order valence-electron chi connectivity index (χ2n) is 3.68. The summed E-state index contributed by atoms with van der Waals surface area (Å²) in [6.45, 7) is 1.96. The van der Waals surface area contributed by atoms with Gasteiger partial charge >= 0.3 is 5.97 Å². The summed E-state index contributed by atoms with van der Waals surface area (Å²) >= 11 is 0. The van der Waals surface area contributed by atoms with Crippen LogP contribution in [0.15, 0.2) is 30.3 Å². The maximum Gasteiger partial charge on any atom is 0.329 e. The van der Waals surface area contributed by atoms with Crippen LogP contribution in [-0.4, -0.2) is 32.3 Å². The predicted octanol–water partition coefficient (Wildman–Crippen LogP) is 1.22. The first kappa shape index (κ1) is 12.5. The van der Waals surface area contributed by atoms with Gasteiger partial charge in [0.1, 0.15) is 17.9 Å². The molecular weight excluding hydrogens is 206 g/mol. The van der Waals surface area contributed by atoms with Crippen molar-refractivity contribution in [3.8, 4) is 5.75 Å². The Morgan fingerprint density at radius 3 is 2.50 bits per heavy atom. The van der Waals surface area contributed by atoms with Crippen LogP contribution in [0, 0.1) is 0 Å². The van der Waals surface area contributed by atoms with Crippen molar-refractivity contribution in [2.24, 2.45) is 0 Å². The topological polar surface area (TPSA) is 47.6 Å². The average molecular weight is 223 g/mol. The van der Waals surface area contributed by atoms with Crippen molar-refractivity contribution in [1.82, 2.24) is 5.32 Å². The molecule has 0 saturated carbocycles. The lowest BCUT2D eigenvalue weighted by molar-refractivity contribution is -0.148. The first-order valence-electron chi connectivity index (χ1n) is 5.07. The van der Waals surface area contributed by atoms with Gasteiger partial charge < -0.3 is 14.8 Å². The first-order valence-corrected chi connectivity index (χ1v) is 5.07. The van der Waals surface area contributed by atoms with E-state index in [9.17, 15) is 4.79 Å². The Labute approximate surface area is 95.6 Å². The predicted molar refractivity (Wildman–Crippen MR) is 61.4 cm³/mol. The van der Waals surface area contributed by atoms with Crippen molar-refractivity contribution in [3.63, 3.8) is 0 Å². The minimum Gasteiger partial charge on any atom is -0.491 e. The number of methoxy groups -OCH3 is 1. The summed E-state index contributed by atoms with van der Waals surface area (Å²) in [5.74, 6) is 0.388. The molecule has 0 aliphatic heterocycles. The number of likely N-dealkylation sites (N-methyl/N-ethyl adjacent to an activating group) is 1. The van der Waals surface area contributed by atoms with Gasteiger partial charge in [-0.3, -0.25) is 0 Å². The largest absolute Gasteiger partial charge is 0.491 e. The molecule has 88 valence electrons. The highest BCUT2D eigenvalue weighted by atomic mass is 16.5. The Bertz CT molecular complexity index is 339. The summed E-state index contributed by atoms with van der Waals surface area (Å²) in [6, 6.07) is 9.35. The van der Waals surface area contributed by atoms with Crippen LogP contribution in [0.1, 0.15) is 6.92 Å². The first-order chi connectivity index (χ1) is 7.62. The molecule has 0 amide bonds. The monoisotopic (exact) mass is 223 g/mol. The van der Waals surface area contributed by atoms with E-state index in [-0.39, 0.29) is 12.6 Å². The number of para-hydroxylation sites is 1. The van der Waals surface area contributed by atoms with Crippen molar-refractivity contribution in [2.45, 2.75) is 12.5 Å². The molecule has 1 rings (SSSR count). The molecule has 0 heterocycles. The van der Waals surface area contributed by atoms with E-state index in [0.29, 0.717) is 0 Å². The van der Waals surface area contributed by atoms with Gasteiger partial charge in [0.25, 0.3) is 0 Å². The number of hydrogen-bond donors (Lipinski definition) is 1. The second kappa shape index (κ2) is 5.51. The van der Waals surface area contributed by atoms with Gasteiger partial charge in [0, 0.05) is 0 Å². The van der Waals surface area contributed by atoms with E-state index >= 15 is 0 Å². The minimum atomic E-state index is -0.829. The van der Waals surface area contributed by atoms with Gasteiger partial charge in [-0.2, -0.15) is 0 Å². The lowest BCUT2D eigenvalue weighted by Crippen LogP contribution is -2.52. The molecule has 1 aromatic rings. The Morgan fingerprint density at radius 1 is 1.38 bits per heavy atom. The van der Waals surface area contributed by atoms with Crippen LogP contribution in [0.4, 0.5) is 0 Å². The molecule has 4 heteroatoms. The third kappa shape index (κ3) is 2.97. The zero-order valence-electron chi connectivity index (χ0n) is 9.82. The fourth-order valence-electron chi connectivity index (χ4n) is 1.20. The number of nitrogens with one attached hydrogen (secondary N) is 1. The zero-order chi connectivity index (χ0) is 12.0. The van der Waals surface area contributed by atoms with E-state index in [0.717, 1.165) is 5.75 Å². The Kier molecular flexibility index (Phi) is 4.31. The third-order valence-electron chi connectivity index (χ3n) is 2.46. The fourth-order valence-corrected chi connectivity index (χ4v) is 1.20. The smallest absolute Gasteiger partial charge is 0.329 e. The zero-order valence-corrected chi connectivity index (χ0v) is 9.82. The van der Waals surface area contributed by atoms with E-state index in [2.05, 4.69) is 5.32 Å². The van der Waals surface area contributed by atoms with Gasteiger partial charge in [-0.15, -0.1) is 0 Å². The highest BCUT2D eigenvalue weighted by Crippen LogP contribution is 2.12. The molecule has 4 nitrogen and oxygen atoms in total. The highest BCUT2D eigenvalue weighted by molar-refractivity contribution is 5.80. The van der Waals surface area contributed by atoms with Crippen molar-refractivity contribution in [2.75, 3.05) is 20.8 Å². The van der Waals surface area contributed by atoms with Crippen molar-refractivity contribution in [1.29, 1.82) is 0 Å². The number of carbonyl (C=O) groups is 1. The van der Waals surface area contributed by atoms with Gasteiger partial charge in [-0.1, -0.05) is 18.2 Å². The molecule has 16 heavy (non-hydrogen) atoms. The van der Waals surface area contributed by atoms with E-state index in [1.54, 1.807) is 14.0 Å². The van der Waals surface area contributed by atoms with Crippen LogP contribution in [0.2, 0.25) is 0 Å². The maximum atomic E-state index is 11.5. The molecule has 0 aromatic heterocycles. The number of carbonyl (C=O) groups excluding carboxylic acids is 1. The van der Waals surface area contributed by atoms with Crippen LogP contribution in [0.3, 0.4) is 0 Å². The molecule has 0 aliphatic carbocycles. The van der Waals surface area contributed by atoms with Crippen molar-refractivity contribution in [3.05, 3.63) is 30.3 Å². The normalized spacial score (nSPS) is 13.9. The molecule has 0 saturated heterocycles. The third-order valence-corrected chi connectivity index (χ3v) is 2.46. The number of esters is 1. The molecule has 0 spiro atoms. The van der Waals surface area contributed by atoms with Crippen LogP contribution in [-0.2, 0) is 9.53 Å². The molecule has 1 unspecified atom stereocenters. The lowest BCUT2D eigenvalue weighted by atomic mass is 10.1. The van der Waals surface area contributed by atoms with Gasteiger partial charge in [-0.05, 0) is 26.1 Å². The summed E-state index contributed by atoms with van der Waals surface area (Å²) in [7, 11) is 3.06. The molecule has 0 aliphatic rings. The molecule has 1 N–H and O–H groups in total. The number of benzene rings is 1. The maximum absolute atomic E-state index is 11.5. The summed E-state index contributed by atoms with van der Waals surface area (Å²) in [5.41, 5.74) is -0.829. The van der Waals surface area contributed by atoms with Gasteiger partial charge in [-0.25, -0.2) is 4.79 Å². The molecule has 1 atom stereocenters. The van der Waals surface area contributed by atoms with E-state index < -0.39 is 5.54 Å². The van der Waals surface area contributed by atoms with Gasteiger partial charge in [0.15, 0.2) is 0 Å². The van der Waals surface area contributed by atoms with Crippen LogP contribution >= 0.6 is 0 Å². The standard InChI is InChI=1S/C12H17NO3/c1-12(13-2,11(14)15-3)9-16-10-7-5-4-6-8-10/h4-8,13H,9H2,1-3H3. The second-order valence-corrected chi connectivity index (χ2v) is 3.68. The highest BCUT2D eigenvalue weighted by Gasteiger charge is 2.33. The van der Waals surface area contributed by atoms with E-state index in [1.807, 2.05) is 30.3 Å². The van der Waals surface area contributed by atoms with Crippen molar-refractivity contribution < 1.29 is 14.3 Å². The summed E-state index contributed by atoms with van der Waals surface area (Å²) in [6.07, 6.45) is 0. The SMILES string of the molecule is CNC(C)(COc1ccccc1)C(=O)OC. The van der Waals surface area contributed by atoms with E-state index in [1.165, 1.54) is 7.11 Å². The van der Waals surface area contributed by atoms with Crippen LogP contribution in [0.25, 0.3) is 0 Å². The van der Waals surface area contributed by atoms with E-state index in [4.69, 9.17) is 9.47 Å². The van der Waals surface area contributed by atoms with Crippen molar-refractivity contribution >= 4 is 5.97 Å². The Hall–Kier alpha value is -1.55. The molecule has 1 aromatic carbocycles. The summed E-state index contributed by atoms with van der Waals surface area (Å²) < 4.78 is 10.2. The molecular formula is C12H17NO3. The molecule has 0 radical (unpaired) electrons. The Morgan fingerprint density at radius 2 is 2.00 bits per heavy atom. The Balaban J connectivity index is 2.62. The average Bonchev–Trinajstić information content (AvgIpc) is 2.36. The number of ether oxygens (including phenoxy) is 2. The van der Waals surface area contributed by atoms with Crippen LogP contribution in [0.5, 0.6) is 5.75 Å². The fraction of sp³-hybridized carbons (Fsp3) is 0.417. The van der Waals surface area contributed by atoms with Gasteiger partial charge in [0.05, 0.1) is 7.11 Å². The molecule has 0 bridgehead atoms. The summed E-state index contributed by atoms with van der Waals surface area (Å²) in [5, 5.41) is 2.90.